The number of benzene rings is 1. The second-order valence-corrected chi connectivity index (χ2v) is 4.88. The molecule has 0 radical (unpaired) electrons. The van der Waals surface area contributed by atoms with Gasteiger partial charge in [-0.15, -0.1) is 0 Å². The minimum absolute atomic E-state index is 0.148. The van der Waals surface area contributed by atoms with Crippen molar-refractivity contribution in [2.75, 3.05) is 38.0 Å². The summed E-state index contributed by atoms with van der Waals surface area (Å²) in [5, 5.41) is 2.26. The van der Waals surface area contributed by atoms with Crippen LogP contribution in [-0.2, 0) is 9.59 Å². The summed E-state index contributed by atoms with van der Waals surface area (Å²) in [6, 6.07) is 3.43. The van der Waals surface area contributed by atoms with Gasteiger partial charge in [-0.25, -0.2) is 8.78 Å². The molecule has 0 atom stereocenters. The minimum atomic E-state index is -0.789. The monoisotopic (exact) mass is 297 g/mol. The van der Waals surface area contributed by atoms with Crippen LogP contribution in [0.4, 0.5) is 14.5 Å². The van der Waals surface area contributed by atoms with Crippen LogP contribution in [0.1, 0.15) is 6.42 Å². The Balaban J connectivity index is 1.79. The fraction of sp³-hybridized carbons (Fsp3) is 0.429. The number of hydrogen-bond acceptors (Lipinski definition) is 3. The van der Waals surface area contributed by atoms with Gasteiger partial charge >= 0.3 is 0 Å². The first-order valence-corrected chi connectivity index (χ1v) is 6.75. The largest absolute Gasteiger partial charge is 0.343 e. The summed E-state index contributed by atoms with van der Waals surface area (Å²) in [6.07, 6.45) is 0.958. The summed E-state index contributed by atoms with van der Waals surface area (Å²) in [6.45, 7) is 3.15. The molecule has 1 heterocycles. The zero-order valence-electron chi connectivity index (χ0n) is 11.5. The lowest BCUT2D eigenvalue weighted by molar-refractivity contribution is -0.120. The SMILES string of the molecule is O=CN1CCN(CCC(=O)Nc2c(F)cccc2F)CC1. The van der Waals surface area contributed by atoms with Gasteiger partial charge in [-0.3, -0.25) is 14.5 Å². The lowest BCUT2D eigenvalue weighted by Gasteiger charge is -2.32. The number of carbonyl (C=O) groups is 2. The van der Waals surface area contributed by atoms with Gasteiger partial charge in [0.2, 0.25) is 12.3 Å². The molecule has 1 aliphatic heterocycles. The van der Waals surface area contributed by atoms with E-state index >= 15 is 0 Å². The van der Waals surface area contributed by atoms with E-state index in [0.29, 0.717) is 32.7 Å². The number of nitrogens with zero attached hydrogens (tertiary/aromatic N) is 2. The summed E-state index contributed by atoms with van der Waals surface area (Å²) < 4.78 is 26.8. The van der Waals surface area contributed by atoms with Gasteiger partial charge in [0.1, 0.15) is 17.3 Å². The van der Waals surface area contributed by atoms with Crippen LogP contribution in [0.15, 0.2) is 18.2 Å². The van der Waals surface area contributed by atoms with Crippen LogP contribution in [0.2, 0.25) is 0 Å². The van der Waals surface area contributed by atoms with Gasteiger partial charge in [0.25, 0.3) is 0 Å². The molecule has 1 saturated heterocycles. The second kappa shape index (κ2) is 7.12. The van der Waals surface area contributed by atoms with Gasteiger partial charge in [0.05, 0.1) is 0 Å². The number of nitrogens with one attached hydrogen (secondary N) is 1. The summed E-state index contributed by atoms with van der Waals surface area (Å²) in [5.41, 5.74) is -0.409. The number of halogens is 2. The molecule has 0 aliphatic carbocycles. The maximum absolute atomic E-state index is 13.4. The van der Waals surface area contributed by atoms with E-state index in [9.17, 15) is 18.4 Å². The smallest absolute Gasteiger partial charge is 0.225 e. The van der Waals surface area contributed by atoms with Crippen LogP contribution < -0.4 is 5.32 Å². The fourth-order valence-electron chi connectivity index (χ4n) is 2.17. The molecule has 0 spiro atoms. The molecular weight excluding hydrogens is 280 g/mol. The van der Waals surface area contributed by atoms with E-state index in [1.165, 1.54) is 6.07 Å². The Bertz CT molecular complexity index is 497. The molecule has 0 bridgehead atoms. The highest BCUT2D eigenvalue weighted by atomic mass is 19.1. The number of rotatable bonds is 5. The first-order valence-electron chi connectivity index (χ1n) is 6.75. The predicted molar refractivity (Wildman–Crippen MR) is 73.7 cm³/mol. The number of para-hydroxylation sites is 1. The van der Waals surface area contributed by atoms with Gasteiger partial charge in [-0.05, 0) is 12.1 Å². The highest BCUT2D eigenvalue weighted by Gasteiger charge is 2.17. The molecule has 2 amide bonds. The van der Waals surface area contributed by atoms with Crippen molar-refractivity contribution < 1.29 is 18.4 Å². The highest BCUT2D eigenvalue weighted by molar-refractivity contribution is 5.91. The Morgan fingerprint density at radius 3 is 2.38 bits per heavy atom. The Labute approximate surface area is 121 Å². The molecule has 0 saturated carbocycles. The molecule has 2 rings (SSSR count). The summed E-state index contributed by atoms with van der Waals surface area (Å²) in [5.74, 6) is -2.01. The Morgan fingerprint density at radius 2 is 1.81 bits per heavy atom. The van der Waals surface area contributed by atoms with Gasteiger partial charge in [-0.2, -0.15) is 0 Å². The van der Waals surface area contributed by atoms with Crippen molar-refractivity contribution in [3.63, 3.8) is 0 Å². The standard InChI is InChI=1S/C14H17F2N3O2/c15-11-2-1-3-12(16)14(11)17-13(21)4-5-18-6-8-19(10-20)9-7-18/h1-3,10H,4-9H2,(H,17,21). The summed E-state index contributed by atoms with van der Waals surface area (Å²) in [4.78, 5) is 26.0. The first kappa shape index (κ1) is 15.4. The van der Waals surface area contributed by atoms with Crippen molar-refractivity contribution in [1.29, 1.82) is 0 Å². The van der Waals surface area contributed by atoms with E-state index in [-0.39, 0.29) is 6.42 Å². The Hall–Kier alpha value is -2.02. The molecule has 114 valence electrons. The quantitative estimate of drug-likeness (QED) is 0.827. The van der Waals surface area contributed by atoms with Gasteiger partial charge in [0, 0.05) is 39.1 Å². The molecule has 0 aromatic heterocycles. The van der Waals surface area contributed by atoms with Crippen molar-refractivity contribution in [3.8, 4) is 0 Å². The second-order valence-electron chi connectivity index (χ2n) is 4.88. The van der Waals surface area contributed by atoms with Gasteiger partial charge in [-0.1, -0.05) is 6.07 Å². The maximum atomic E-state index is 13.4. The lowest BCUT2D eigenvalue weighted by atomic mass is 10.2. The van der Waals surface area contributed by atoms with E-state index in [0.717, 1.165) is 18.5 Å². The van der Waals surface area contributed by atoms with Crippen molar-refractivity contribution in [3.05, 3.63) is 29.8 Å². The third-order valence-electron chi connectivity index (χ3n) is 3.44. The molecule has 1 aliphatic rings. The van der Waals surface area contributed by atoms with Crippen LogP contribution in [0.5, 0.6) is 0 Å². The number of amides is 2. The van der Waals surface area contributed by atoms with Crippen molar-refractivity contribution in [2.45, 2.75) is 6.42 Å². The Morgan fingerprint density at radius 1 is 1.19 bits per heavy atom. The molecule has 1 fully saturated rings. The highest BCUT2D eigenvalue weighted by Crippen LogP contribution is 2.18. The van der Waals surface area contributed by atoms with Crippen molar-refractivity contribution in [1.82, 2.24) is 9.80 Å². The lowest BCUT2D eigenvalue weighted by Crippen LogP contribution is -2.46. The minimum Gasteiger partial charge on any atom is -0.343 e. The summed E-state index contributed by atoms with van der Waals surface area (Å²) in [7, 11) is 0. The number of piperazine rings is 1. The van der Waals surface area contributed by atoms with Crippen LogP contribution >= 0.6 is 0 Å². The zero-order valence-corrected chi connectivity index (χ0v) is 11.5. The van der Waals surface area contributed by atoms with Crippen LogP contribution in [0, 0.1) is 11.6 Å². The van der Waals surface area contributed by atoms with Crippen molar-refractivity contribution >= 4 is 18.0 Å². The molecule has 1 aromatic carbocycles. The third kappa shape index (κ3) is 4.22. The third-order valence-corrected chi connectivity index (χ3v) is 3.44. The number of anilines is 1. The van der Waals surface area contributed by atoms with Gasteiger partial charge < -0.3 is 10.2 Å². The van der Waals surface area contributed by atoms with Gasteiger partial charge in [0.15, 0.2) is 0 Å². The molecule has 21 heavy (non-hydrogen) atoms. The zero-order chi connectivity index (χ0) is 15.2. The molecule has 7 heteroatoms. The van der Waals surface area contributed by atoms with Crippen molar-refractivity contribution in [2.24, 2.45) is 0 Å². The molecule has 1 aromatic rings. The topological polar surface area (TPSA) is 52.7 Å². The normalized spacial score (nSPS) is 15.8. The molecule has 1 N–H and O–H groups in total. The molecular formula is C14H17F2N3O2. The average Bonchev–Trinajstić information content (AvgIpc) is 2.49. The predicted octanol–water partition coefficient (Wildman–Crippen LogP) is 1.07. The van der Waals surface area contributed by atoms with E-state index < -0.39 is 23.2 Å². The van der Waals surface area contributed by atoms with E-state index in [1.54, 1.807) is 4.90 Å². The average molecular weight is 297 g/mol. The van der Waals surface area contributed by atoms with Crippen LogP contribution in [-0.4, -0.2) is 54.8 Å². The Kier molecular flexibility index (Phi) is 5.21. The van der Waals surface area contributed by atoms with E-state index in [4.69, 9.17) is 0 Å². The first-order chi connectivity index (χ1) is 10.1. The maximum Gasteiger partial charge on any atom is 0.225 e. The molecule has 5 nitrogen and oxygen atoms in total. The number of carbonyl (C=O) groups excluding carboxylic acids is 2. The van der Waals surface area contributed by atoms with E-state index in [2.05, 4.69) is 5.32 Å². The fourth-order valence-corrected chi connectivity index (χ4v) is 2.17. The van der Waals surface area contributed by atoms with Crippen LogP contribution in [0.3, 0.4) is 0 Å². The van der Waals surface area contributed by atoms with E-state index in [1.807, 2.05) is 4.90 Å². The van der Waals surface area contributed by atoms with Crippen LogP contribution in [0.25, 0.3) is 0 Å². The number of hydrogen-bond donors (Lipinski definition) is 1. The molecule has 0 unspecified atom stereocenters. The summed E-state index contributed by atoms with van der Waals surface area (Å²) >= 11 is 0.